The lowest BCUT2D eigenvalue weighted by atomic mass is 10.1. The summed E-state index contributed by atoms with van der Waals surface area (Å²) >= 11 is 0. The lowest BCUT2D eigenvalue weighted by Gasteiger charge is -2.19. The highest BCUT2D eigenvalue weighted by Crippen LogP contribution is 2.16. The number of nitrogens with one attached hydrogen (secondary N) is 2. The van der Waals surface area contributed by atoms with Crippen molar-refractivity contribution in [2.24, 2.45) is 0 Å². The molecule has 2 rings (SSSR count). The Morgan fingerprint density at radius 3 is 2.26 bits per heavy atom. The fourth-order valence-corrected chi connectivity index (χ4v) is 1.81. The van der Waals surface area contributed by atoms with E-state index in [1.807, 2.05) is 18.2 Å². The summed E-state index contributed by atoms with van der Waals surface area (Å²) in [4.78, 5) is 27.7. The molecule has 0 atom stereocenters. The Morgan fingerprint density at radius 2 is 1.70 bits per heavy atom. The topological polar surface area (TPSA) is 80.3 Å². The average Bonchev–Trinajstić information content (AvgIpc) is 2.52. The number of pyridine rings is 1. The second kappa shape index (κ2) is 6.91. The second-order valence-corrected chi connectivity index (χ2v) is 5.87. The molecule has 1 heterocycles. The fourth-order valence-electron chi connectivity index (χ4n) is 1.81. The second-order valence-electron chi connectivity index (χ2n) is 5.87. The maximum Gasteiger partial charge on any atom is 0.426 e. The molecular weight excluding hydrogens is 294 g/mol. The van der Waals surface area contributed by atoms with Gasteiger partial charge in [0.25, 0.3) is 5.91 Å². The molecule has 0 saturated carbocycles. The molecule has 0 spiro atoms. The molecule has 0 aliphatic heterocycles. The summed E-state index contributed by atoms with van der Waals surface area (Å²) in [5, 5.41) is 0. The van der Waals surface area contributed by atoms with Crippen LogP contribution in [0.1, 0.15) is 31.1 Å². The predicted octanol–water partition coefficient (Wildman–Crippen LogP) is 2.92. The highest BCUT2D eigenvalue weighted by Gasteiger charge is 2.16. The van der Waals surface area contributed by atoms with Gasteiger partial charge in [-0.1, -0.05) is 18.2 Å². The van der Waals surface area contributed by atoms with Gasteiger partial charge in [0.05, 0.1) is 5.69 Å². The van der Waals surface area contributed by atoms with E-state index in [1.165, 1.54) is 0 Å². The predicted molar refractivity (Wildman–Crippen MR) is 86.5 cm³/mol. The number of benzene rings is 1. The molecule has 2 amide bonds. The van der Waals surface area contributed by atoms with Gasteiger partial charge in [-0.3, -0.25) is 15.2 Å². The summed E-state index contributed by atoms with van der Waals surface area (Å²) in [6, 6.07) is 12.5. The first kappa shape index (κ1) is 16.5. The summed E-state index contributed by atoms with van der Waals surface area (Å²) in [6.45, 7) is 5.22. The molecule has 0 saturated heterocycles. The molecular formula is C17H19N3O3. The molecule has 120 valence electrons. The Morgan fingerprint density at radius 1 is 1.00 bits per heavy atom. The van der Waals surface area contributed by atoms with E-state index in [4.69, 9.17) is 4.74 Å². The van der Waals surface area contributed by atoms with Gasteiger partial charge in [0, 0.05) is 17.3 Å². The summed E-state index contributed by atoms with van der Waals surface area (Å²) in [6.07, 6.45) is 0.997. The lowest BCUT2D eigenvalue weighted by Crippen LogP contribution is -2.44. The quantitative estimate of drug-likeness (QED) is 0.835. The van der Waals surface area contributed by atoms with Crippen LogP contribution in [0.2, 0.25) is 0 Å². The first-order valence-corrected chi connectivity index (χ1v) is 7.16. The summed E-state index contributed by atoms with van der Waals surface area (Å²) in [7, 11) is 0. The fraction of sp³-hybridized carbons (Fsp3) is 0.235. The van der Waals surface area contributed by atoms with Crippen LogP contribution in [0.15, 0.2) is 48.7 Å². The van der Waals surface area contributed by atoms with Gasteiger partial charge >= 0.3 is 6.09 Å². The lowest BCUT2D eigenvalue weighted by molar-refractivity contribution is 0.0483. The highest BCUT2D eigenvalue weighted by molar-refractivity contribution is 5.95. The number of hydrazine groups is 1. The molecule has 23 heavy (non-hydrogen) atoms. The number of hydrogen-bond acceptors (Lipinski definition) is 4. The molecule has 0 unspecified atom stereocenters. The minimum Gasteiger partial charge on any atom is -0.443 e. The Labute approximate surface area is 134 Å². The Kier molecular flexibility index (Phi) is 4.95. The zero-order chi connectivity index (χ0) is 16.9. The standard InChI is InChI=1S/C17H19N3O3/c1-17(2,3)23-16(22)20-19-15(21)13-9-7-12(8-10-13)14-6-4-5-11-18-14/h4-11H,1-3H3,(H,19,21)(H,20,22). The molecule has 6 heteroatoms. The van der Waals surface area contributed by atoms with Crippen molar-refractivity contribution in [3.05, 3.63) is 54.2 Å². The molecule has 6 nitrogen and oxygen atoms in total. The molecule has 0 fully saturated rings. The van der Waals surface area contributed by atoms with E-state index in [1.54, 1.807) is 51.2 Å². The van der Waals surface area contributed by atoms with Crippen LogP contribution >= 0.6 is 0 Å². The maximum absolute atomic E-state index is 12.0. The Balaban J connectivity index is 1.94. The number of ether oxygens (including phenoxy) is 1. The Hall–Kier alpha value is -2.89. The Bertz CT molecular complexity index is 676. The monoisotopic (exact) mass is 313 g/mol. The zero-order valence-corrected chi connectivity index (χ0v) is 13.3. The largest absolute Gasteiger partial charge is 0.443 e. The minimum absolute atomic E-state index is 0.417. The van der Waals surface area contributed by atoms with E-state index < -0.39 is 17.6 Å². The molecule has 1 aromatic heterocycles. The molecule has 0 aliphatic carbocycles. The number of amides is 2. The third kappa shape index (κ3) is 5.10. The van der Waals surface area contributed by atoms with Crippen LogP contribution in [0.5, 0.6) is 0 Å². The normalized spacial score (nSPS) is 10.7. The number of nitrogens with zero attached hydrogens (tertiary/aromatic N) is 1. The van der Waals surface area contributed by atoms with Gasteiger partial charge in [-0.2, -0.15) is 0 Å². The number of rotatable bonds is 2. The van der Waals surface area contributed by atoms with Crippen LogP contribution in [0.3, 0.4) is 0 Å². The number of carbonyl (C=O) groups excluding carboxylic acids is 2. The summed E-state index contributed by atoms with van der Waals surface area (Å²) < 4.78 is 5.03. The molecule has 0 bridgehead atoms. The molecule has 1 aromatic carbocycles. The van der Waals surface area contributed by atoms with Crippen LogP contribution in [-0.2, 0) is 4.74 Å². The van der Waals surface area contributed by atoms with Crippen molar-refractivity contribution in [3.63, 3.8) is 0 Å². The van der Waals surface area contributed by atoms with Gasteiger partial charge in [0.2, 0.25) is 0 Å². The minimum atomic E-state index is -0.712. The maximum atomic E-state index is 12.0. The van der Waals surface area contributed by atoms with E-state index >= 15 is 0 Å². The molecule has 2 N–H and O–H groups in total. The van der Waals surface area contributed by atoms with Crippen LogP contribution < -0.4 is 10.9 Å². The van der Waals surface area contributed by atoms with Crippen LogP contribution in [0.25, 0.3) is 11.3 Å². The van der Waals surface area contributed by atoms with Crippen LogP contribution in [0, 0.1) is 0 Å². The van der Waals surface area contributed by atoms with Crippen molar-refractivity contribution >= 4 is 12.0 Å². The van der Waals surface area contributed by atoms with E-state index in [0.717, 1.165) is 11.3 Å². The van der Waals surface area contributed by atoms with Gasteiger partial charge in [-0.25, -0.2) is 10.2 Å². The van der Waals surface area contributed by atoms with Gasteiger partial charge in [-0.05, 0) is 45.0 Å². The SMILES string of the molecule is CC(C)(C)OC(=O)NNC(=O)c1ccc(-c2ccccn2)cc1. The number of aromatic nitrogens is 1. The summed E-state index contributed by atoms with van der Waals surface area (Å²) in [5.74, 6) is -0.427. The zero-order valence-electron chi connectivity index (χ0n) is 13.3. The number of carbonyl (C=O) groups is 2. The third-order valence-electron chi connectivity index (χ3n) is 2.78. The molecule has 0 aliphatic rings. The van der Waals surface area contributed by atoms with Crippen LogP contribution in [0.4, 0.5) is 4.79 Å². The van der Waals surface area contributed by atoms with E-state index in [9.17, 15) is 9.59 Å². The van der Waals surface area contributed by atoms with Gasteiger partial charge in [0.15, 0.2) is 0 Å². The van der Waals surface area contributed by atoms with Crippen molar-refractivity contribution < 1.29 is 14.3 Å². The first-order valence-electron chi connectivity index (χ1n) is 7.16. The van der Waals surface area contributed by atoms with E-state index in [-0.39, 0.29) is 0 Å². The van der Waals surface area contributed by atoms with Crippen molar-refractivity contribution in [3.8, 4) is 11.3 Å². The van der Waals surface area contributed by atoms with Gasteiger partial charge < -0.3 is 4.74 Å². The highest BCUT2D eigenvalue weighted by atomic mass is 16.6. The van der Waals surface area contributed by atoms with Crippen LogP contribution in [-0.4, -0.2) is 22.6 Å². The van der Waals surface area contributed by atoms with Gasteiger partial charge in [0.1, 0.15) is 5.60 Å². The van der Waals surface area contributed by atoms with E-state index in [2.05, 4.69) is 15.8 Å². The molecule has 0 radical (unpaired) electrons. The van der Waals surface area contributed by atoms with Gasteiger partial charge in [-0.15, -0.1) is 0 Å². The average molecular weight is 313 g/mol. The van der Waals surface area contributed by atoms with Crippen molar-refractivity contribution in [1.82, 2.24) is 15.8 Å². The van der Waals surface area contributed by atoms with E-state index in [0.29, 0.717) is 5.56 Å². The van der Waals surface area contributed by atoms with Crippen molar-refractivity contribution in [2.75, 3.05) is 0 Å². The number of hydrogen-bond donors (Lipinski definition) is 2. The smallest absolute Gasteiger partial charge is 0.426 e. The third-order valence-corrected chi connectivity index (χ3v) is 2.78. The molecule has 2 aromatic rings. The summed E-state index contributed by atoms with van der Waals surface area (Å²) in [5.41, 5.74) is 6.03. The van der Waals surface area contributed by atoms with Crippen molar-refractivity contribution in [1.29, 1.82) is 0 Å². The van der Waals surface area contributed by atoms with Crippen molar-refractivity contribution in [2.45, 2.75) is 26.4 Å². The first-order chi connectivity index (χ1) is 10.8.